The lowest BCUT2D eigenvalue weighted by atomic mass is 9.45. The Bertz CT molecular complexity index is 736. The van der Waals surface area contributed by atoms with Crippen molar-refractivity contribution in [3.63, 3.8) is 0 Å². The third kappa shape index (κ3) is 1.80. The number of aliphatic hydroxyl groups is 3. The predicted octanol–water partition coefficient (Wildman–Crippen LogP) is 0.254. The molecular formula is C23H37NO6. The Kier molecular flexibility index (Phi) is 4.19. The molecule has 7 bridgehead atoms. The molecule has 0 radical (unpaired) electrons. The fraction of sp³-hybridized carbons (Fsp3) is 1.00. The number of ether oxygens (including phenoxy) is 3. The van der Waals surface area contributed by atoms with Crippen molar-refractivity contribution in [1.29, 1.82) is 0 Å². The molecule has 13 atom stereocenters. The second-order valence-electron chi connectivity index (χ2n) is 11.0. The highest BCUT2D eigenvalue weighted by molar-refractivity contribution is 5.39. The Hall–Kier alpha value is -0.280. The van der Waals surface area contributed by atoms with E-state index in [0.717, 1.165) is 32.4 Å². The van der Waals surface area contributed by atoms with Crippen LogP contribution in [0.3, 0.4) is 0 Å². The summed E-state index contributed by atoms with van der Waals surface area (Å²) in [7, 11) is 5.18. The molecule has 5 aliphatic carbocycles. The van der Waals surface area contributed by atoms with Crippen molar-refractivity contribution in [1.82, 2.24) is 4.90 Å². The number of aliphatic hydroxyl groups excluding tert-OH is 1. The van der Waals surface area contributed by atoms with Crippen LogP contribution in [0, 0.1) is 35.0 Å². The number of piperidine rings is 1. The Morgan fingerprint density at radius 1 is 1.03 bits per heavy atom. The van der Waals surface area contributed by atoms with Crippen LogP contribution in [-0.4, -0.2) is 96.3 Å². The van der Waals surface area contributed by atoms with Gasteiger partial charge in [0.05, 0.1) is 30.5 Å². The minimum absolute atomic E-state index is 0.0332. The van der Waals surface area contributed by atoms with Crippen LogP contribution in [0.1, 0.15) is 32.6 Å². The van der Waals surface area contributed by atoms with Crippen LogP contribution in [-0.2, 0) is 14.2 Å². The smallest absolute Gasteiger partial charge is 0.136 e. The van der Waals surface area contributed by atoms with Gasteiger partial charge in [0, 0.05) is 57.5 Å². The lowest BCUT2D eigenvalue weighted by Gasteiger charge is -2.68. The minimum atomic E-state index is -1.62. The van der Waals surface area contributed by atoms with Crippen LogP contribution in [0.5, 0.6) is 0 Å². The zero-order chi connectivity index (χ0) is 21.2. The summed E-state index contributed by atoms with van der Waals surface area (Å²) in [5.74, 6) is 0.377. The average Bonchev–Trinajstić information content (AvgIpc) is 3.14. The number of likely N-dealkylation sites (tertiary alicyclic amines) is 1. The molecule has 0 aromatic heterocycles. The first-order chi connectivity index (χ1) is 14.4. The van der Waals surface area contributed by atoms with Gasteiger partial charge in [-0.1, -0.05) is 6.92 Å². The van der Waals surface area contributed by atoms with Gasteiger partial charge in [-0.15, -0.1) is 0 Å². The maximum atomic E-state index is 12.5. The van der Waals surface area contributed by atoms with Crippen LogP contribution >= 0.6 is 0 Å². The van der Waals surface area contributed by atoms with Crippen molar-refractivity contribution >= 4 is 0 Å². The summed E-state index contributed by atoms with van der Waals surface area (Å²) in [4.78, 5) is 2.35. The van der Waals surface area contributed by atoms with Crippen molar-refractivity contribution in [2.24, 2.45) is 35.0 Å². The third-order valence-corrected chi connectivity index (χ3v) is 10.8. The van der Waals surface area contributed by atoms with Gasteiger partial charge >= 0.3 is 0 Å². The minimum Gasteiger partial charge on any atom is -0.390 e. The lowest BCUT2D eigenvalue weighted by molar-refractivity contribution is -0.314. The van der Waals surface area contributed by atoms with Crippen LogP contribution in [0.4, 0.5) is 0 Å². The zero-order valence-corrected chi connectivity index (χ0v) is 18.5. The molecule has 13 unspecified atom stereocenters. The highest BCUT2D eigenvalue weighted by Gasteiger charge is 2.89. The van der Waals surface area contributed by atoms with E-state index >= 15 is 0 Å². The first kappa shape index (κ1) is 20.3. The van der Waals surface area contributed by atoms with E-state index in [1.165, 1.54) is 0 Å². The molecule has 1 saturated heterocycles. The molecule has 170 valence electrons. The number of nitrogens with zero attached hydrogens (tertiary/aromatic N) is 1. The molecule has 0 aromatic carbocycles. The second kappa shape index (κ2) is 6.19. The molecule has 1 spiro atoms. The molecule has 6 fully saturated rings. The van der Waals surface area contributed by atoms with Gasteiger partial charge in [0.1, 0.15) is 11.2 Å². The Labute approximate surface area is 178 Å². The molecular weight excluding hydrogens is 386 g/mol. The molecule has 5 saturated carbocycles. The number of hydrogen-bond donors (Lipinski definition) is 3. The van der Waals surface area contributed by atoms with Gasteiger partial charge in [0.25, 0.3) is 0 Å². The first-order valence-corrected chi connectivity index (χ1v) is 11.8. The summed E-state index contributed by atoms with van der Waals surface area (Å²) in [5, 5.41) is 36.8. The number of fused-ring (bicyclic) bond motifs is 2. The molecule has 1 heterocycles. The predicted molar refractivity (Wildman–Crippen MR) is 108 cm³/mol. The largest absolute Gasteiger partial charge is 0.390 e. The van der Waals surface area contributed by atoms with Gasteiger partial charge in [0.15, 0.2) is 0 Å². The highest BCUT2D eigenvalue weighted by atomic mass is 16.5. The summed E-state index contributed by atoms with van der Waals surface area (Å²) in [6.45, 7) is 3.79. The monoisotopic (exact) mass is 423 g/mol. The van der Waals surface area contributed by atoms with E-state index < -0.39 is 17.3 Å². The fourth-order valence-corrected chi connectivity index (χ4v) is 10.3. The van der Waals surface area contributed by atoms with Crippen molar-refractivity contribution in [2.45, 2.75) is 74.3 Å². The van der Waals surface area contributed by atoms with Gasteiger partial charge in [-0.25, -0.2) is 0 Å². The van der Waals surface area contributed by atoms with Gasteiger partial charge in [-0.3, -0.25) is 4.90 Å². The van der Waals surface area contributed by atoms with E-state index in [4.69, 9.17) is 14.2 Å². The van der Waals surface area contributed by atoms with Crippen molar-refractivity contribution in [3.05, 3.63) is 0 Å². The fourth-order valence-electron chi connectivity index (χ4n) is 10.3. The molecule has 7 heteroatoms. The molecule has 1 aliphatic heterocycles. The van der Waals surface area contributed by atoms with Gasteiger partial charge in [-0.05, 0) is 37.6 Å². The van der Waals surface area contributed by atoms with Crippen LogP contribution in [0.2, 0.25) is 0 Å². The van der Waals surface area contributed by atoms with Crippen molar-refractivity contribution in [2.75, 3.05) is 34.4 Å². The summed E-state index contributed by atoms with van der Waals surface area (Å²) in [5.41, 5.74) is -3.43. The van der Waals surface area contributed by atoms with Crippen molar-refractivity contribution in [3.8, 4) is 0 Å². The van der Waals surface area contributed by atoms with E-state index in [2.05, 4.69) is 11.8 Å². The van der Waals surface area contributed by atoms with Gasteiger partial charge in [-0.2, -0.15) is 0 Å². The van der Waals surface area contributed by atoms with Crippen molar-refractivity contribution < 1.29 is 29.5 Å². The zero-order valence-electron chi connectivity index (χ0n) is 18.5. The summed E-state index contributed by atoms with van der Waals surface area (Å²) >= 11 is 0. The van der Waals surface area contributed by atoms with Gasteiger partial charge < -0.3 is 29.5 Å². The summed E-state index contributed by atoms with van der Waals surface area (Å²) in [6.07, 6.45) is 1.82. The second-order valence-corrected chi connectivity index (χ2v) is 11.0. The lowest BCUT2D eigenvalue weighted by Crippen LogP contribution is -2.81. The van der Waals surface area contributed by atoms with E-state index in [0.29, 0.717) is 12.3 Å². The molecule has 0 aromatic rings. The quantitative estimate of drug-likeness (QED) is 0.597. The summed E-state index contributed by atoms with van der Waals surface area (Å²) in [6, 6.07) is -0.311. The van der Waals surface area contributed by atoms with E-state index in [1.54, 1.807) is 21.3 Å². The van der Waals surface area contributed by atoms with E-state index in [-0.39, 0.29) is 53.4 Å². The van der Waals surface area contributed by atoms with Gasteiger partial charge in [0.2, 0.25) is 0 Å². The number of hydrogen-bond acceptors (Lipinski definition) is 7. The molecule has 6 rings (SSSR count). The Morgan fingerprint density at radius 3 is 2.43 bits per heavy atom. The Balaban J connectivity index is 1.65. The maximum absolute atomic E-state index is 12.5. The third-order valence-electron chi connectivity index (χ3n) is 10.8. The topological polar surface area (TPSA) is 91.6 Å². The summed E-state index contributed by atoms with van der Waals surface area (Å²) < 4.78 is 18.0. The van der Waals surface area contributed by atoms with Crippen LogP contribution in [0.25, 0.3) is 0 Å². The van der Waals surface area contributed by atoms with Crippen LogP contribution in [0.15, 0.2) is 0 Å². The molecule has 3 N–H and O–H groups in total. The standard InChI is InChI=1S/C23H37NO6/c1-5-24-10-11-6-7-15(29-3)22-13-8-12-14(28-2)9-21(26,17(13)18(12)30-4)23(27,20(22)24)19(25)16(11)22/h11-20,25-27H,5-10H2,1-4H3. The Morgan fingerprint density at radius 2 is 1.80 bits per heavy atom. The van der Waals surface area contributed by atoms with E-state index in [1.807, 2.05) is 0 Å². The number of likely N-dealkylation sites (N-methyl/N-ethyl adjacent to an activating group) is 1. The molecule has 6 aliphatic rings. The average molecular weight is 424 g/mol. The normalized spacial score (nSPS) is 63.3. The van der Waals surface area contributed by atoms with Crippen LogP contribution < -0.4 is 0 Å². The molecule has 0 amide bonds. The number of rotatable bonds is 4. The first-order valence-electron chi connectivity index (χ1n) is 11.8. The molecule has 7 nitrogen and oxygen atoms in total. The molecule has 30 heavy (non-hydrogen) atoms. The maximum Gasteiger partial charge on any atom is 0.136 e. The highest BCUT2D eigenvalue weighted by Crippen LogP contribution is 2.78. The number of methoxy groups -OCH3 is 3. The SMILES string of the molecule is CCN1CC2CCC(OC)C34C5CC6C(OC)CC(O)(C5C6OC)C(O)(C(O)C23)C14. The van der Waals surface area contributed by atoms with E-state index in [9.17, 15) is 15.3 Å².